The maximum atomic E-state index is 2.37. The van der Waals surface area contributed by atoms with Gasteiger partial charge in [-0.15, -0.1) is 8.58 Å². The quantitative estimate of drug-likeness (QED) is 0.224. The third-order valence-electron chi connectivity index (χ3n) is 4.22. The second kappa shape index (κ2) is 16.5. The van der Waals surface area contributed by atoms with Gasteiger partial charge in [0, 0.05) is 0 Å². The van der Waals surface area contributed by atoms with Crippen LogP contribution in [0, 0.1) is 5.92 Å². The molecule has 0 nitrogen and oxygen atoms in total. The van der Waals surface area contributed by atoms with Crippen LogP contribution in [0.1, 0.15) is 97.8 Å². The average molecular weight is 286 g/mol. The Balaban J connectivity index is 3.16. The Morgan fingerprint density at radius 3 is 1.89 bits per heavy atom. The van der Waals surface area contributed by atoms with Crippen LogP contribution in [0.3, 0.4) is 0 Å². The van der Waals surface area contributed by atoms with Gasteiger partial charge in [-0.2, -0.15) is 0 Å². The van der Waals surface area contributed by atoms with Crippen molar-refractivity contribution in [1.82, 2.24) is 0 Å². The van der Waals surface area contributed by atoms with E-state index in [0.717, 1.165) is 5.92 Å². The molecule has 0 bridgehead atoms. The van der Waals surface area contributed by atoms with E-state index in [1.54, 1.807) is 0 Å². The number of hydrogen-bond acceptors (Lipinski definition) is 0. The fourth-order valence-electron chi connectivity index (χ4n) is 2.72. The summed E-state index contributed by atoms with van der Waals surface area (Å²) in [7, 11) is 1.25. The normalized spacial score (nSPS) is 13.4. The fourth-order valence-corrected chi connectivity index (χ4v) is 3.92. The number of unbranched alkanes of at least 4 members (excludes halogenated alkanes) is 6. The molecule has 0 saturated carbocycles. The summed E-state index contributed by atoms with van der Waals surface area (Å²) in [5.41, 5.74) is 0. The molecule has 0 radical (unpaired) electrons. The van der Waals surface area contributed by atoms with Crippen molar-refractivity contribution in [1.29, 1.82) is 0 Å². The van der Waals surface area contributed by atoms with Crippen molar-refractivity contribution in [2.45, 2.75) is 97.8 Å². The van der Waals surface area contributed by atoms with Crippen LogP contribution in [0.2, 0.25) is 0 Å². The lowest BCUT2D eigenvalue weighted by atomic mass is 9.95. The largest absolute Gasteiger partial charge is 0.122 e. The standard InChI is InChI=1S/C18H39P/c1-4-7-9-10-11-12-16-19-17-13-15-18(6-3)14-8-5-2/h18-19H,4-17H2,1-3H3. The van der Waals surface area contributed by atoms with Gasteiger partial charge in [0.05, 0.1) is 0 Å². The molecule has 0 rings (SSSR count). The van der Waals surface area contributed by atoms with Crippen LogP contribution >= 0.6 is 8.58 Å². The summed E-state index contributed by atoms with van der Waals surface area (Å²) in [4.78, 5) is 0. The maximum Gasteiger partial charge on any atom is -0.0353 e. The molecular weight excluding hydrogens is 247 g/mol. The Kier molecular flexibility index (Phi) is 16.9. The lowest BCUT2D eigenvalue weighted by molar-refractivity contribution is 0.418. The summed E-state index contributed by atoms with van der Waals surface area (Å²) < 4.78 is 0. The highest BCUT2D eigenvalue weighted by Gasteiger charge is 2.04. The van der Waals surface area contributed by atoms with Crippen molar-refractivity contribution in [3.05, 3.63) is 0 Å². The molecule has 2 atom stereocenters. The SMILES string of the molecule is CCCCCCCCPCCCC(CC)CCCC. The van der Waals surface area contributed by atoms with Gasteiger partial charge in [0.15, 0.2) is 0 Å². The first-order valence-electron chi connectivity index (χ1n) is 9.05. The van der Waals surface area contributed by atoms with Crippen LogP contribution < -0.4 is 0 Å². The molecule has 0 aliphatic carbocycles. The lowest BCUT2D eigenvalue weighted by Crippen LogP contribution is -1.99. The van der Waals surface area contributed by atoms with E-state index in [0.29, 0.717) is 0 Å². The molecule has 1 heteroatoms. The minimum Gasteiger partial charge on any atom is -0.122 e. The topological polar surface area (TPSA) is 0 Å². The molecule has 0 aliphatic rings. The minimum absolute atomic E-state index is 1.03. The Labute approximate surface area is 125 Å². The molecule has 19 heavy (non-hydrogen) atoms. The van der Waals surface area contributed by atoms with Crippen LogP contribution in [0.15, 0.2) is 0 Å². The smallest absolute Gasteiger partial charge is 0.0353 e. The first kappa shape index (κ1) is 19.4. The van der Waals surface area contributed by atoms with Crippen molar-refractivity contribution in [3.8, 4) is 0 Å². The summed E-state index contributed by atoms with van der Waals surface area (Å²) in [6, 6.07) is 0. The summed E-state index contributed by atoms with van der Waals surface area (Å²) in [6.07, 6.45) is 20.5. The molecule has 0 saturated heterocycles. The molecule has 2 unspecified atom stereocenters. The first-order valence-corrected chi connectivity index (χ1v) is 10.5. The molecule has 0 fully saturated rings. The summed E-state index contributed by atoms with van der Waals surface area (Å²) >= 11 is 0. The van der Waals surface area contributed by atoms with Gasteiger partial charge in [-0.1, -0.05) is 85.0 Å². The molecule has 0 aromatic heterocycles. The molecule has 0 spiro atoms. The van der Waals surface area contributed by atoms with Crippen LogP contribution in [-0.4, -0.2) is 12.3 Å². The monoisotopic (exact) mass is 286 g/mol. The Morgan fingerprint density at radius 1 is 0.632 bits per heavy atom. The van der Waals surface area contributed by atoms with Gasteiger partial charge in [-0.25, -0.2) is 0 Å². The highest BCUT2D eigenvalue weighted by molar-refractivity contribution is 7.37. The van der Waals surface area contributed by atoms with Crippen molar-refractivity contribution in [2.75, 3.05) is 12.3 Å². The van der Waals surface area contributed by atoms with Gasteiger partial charge in [-0.05, 0) is 31.1 Å². The first-order chi connectivity index (χ1) is 9.35. The van der Waals surface area contributed by atoms with Gasteiger partial charge in [0.25, 0.3) is 0 Å². The summed E-state index contributed by atoms with van der Waals surface area (Å²) in [5, 5.41) is 0. The highest BCUT2D eigenvalue weighted by Crippen LogP contribution is 2.22. The van der Waals surface area contributed by atoms with Gasteiger partial charge in [0.1, 0.15) is 0 Å². The van der Waals surface area contributed by atoms with Crippen molar-refractivity contribution < 1.29 is 0 Å². The van der Waals surface area contributed by atoms with E-state index in [1.165, 1.54) is 98.0 Å². The van der Waals surface area contributed by atoms with E-state index in [1.807, 2.05) is 0 Å². The van der Waals surface area contributed by atoms with Gasteiger partial charge in [0.2, 0.25) is 0 Å². The number of rotatable bonds is 15. The lowest BCUT2D eigenvalue weighted by Gasteiger charge is -2.13. The predicted molar refractivity (Wildman–Crippen MR) is 94.0 cm³/mol. The van der Waals surface area contributed by atoms with E-state index in [-0.39, 0.29) is 0 Å². The Bertz CT molecular complexity index is 156. The third-order valence-corrected chi connectivity index (χ3v) is 5.63. The van der Waals surface area contributed by atoms with Gasteiger partial charge < -0.3 is 0 Å². The minimum atomic E-state index is 1.03. The number of hydrogen-bond donors (Lipinski definition) is 0. The van der Waals surface area contributed by atoms with E-state index < -0.39 is 0 Å². The molecule has 0 aromatic carbocycles. The molecular formula is C18H39P. The molecule has 0 aromatic rings. The maximum absolute atomic E-state index is 2.37. The van der Waals surface area contributed by atoms with E-state index in [2.05, 4.69) is 20.8 Å². The summed E-state index contributed by atoms with van der Waals surface area (Å²) in [6.45, 7) is 6.99. The molecule has 0 heterocycles. The van der Waals surface area contributed by atoms with E-state index in [4.69, 9.17) is 0 Å². The van der Waals surface area contributed by atoms with Crippen molar-refractivity contribution in [2.24, 2.45) is 5.92 Å². The van der Waals surface area contributed by atoms with Crippen LogP contribution in [-0.2, 0) is 0 Å². The zero-order valence-electron chi connectivity index (χ0n) is 14.0. The summed E-state index contributed by atoms with van der Waals surface area (Å²) in [5.74, 6) is 1.03. The highest BCUT2D eigenvalue weighted by atomic mass is 31.1. The van der Waals surface area contributed by atoms with E-state index >= 15 is 0 Å². The van der Waals surface area contributed by atoms with Crippen molar-refractivity contribution in [3.63, 3.8) is 0 Å². The van der Waals surface area contributed by atoms with Crippen LogP contribution in [0.4, 0.5) is 0 Å². The zero-order valence-corrected chi connectivity index (χ0v) is 15.0. The molecule has 0 amide bonds. The van der Waals surface area contributed by atoms with Crippen LogP contribution in [0.5, 0.6) is 0 Å². The second-order valence-corrected chi connectivity index (χ2v) is 7.58. The molecule has 0 N–H and O–H groups in total. The molecule has 0 aliphatic heterocycles. The molecule has 116 valence electrons. The Hall–Kier alpha value is 0.430. The second-order valence-electron chi connectivity index (χ2n) is 6.08. The van der Waals surface area contributed by atoms with E-state index in [9.17, 15) is 0 Å². The average Bonchev–Trinajstić information content (AvgIpc) is 2.44. The van der Waals surface area contributed by atoms with Crippen molar-refractivity contribution >= 4 is 8.58 Å². The van der Waals surface area contributed by atoms with Crippen LogP contribution in [0.25, 0.3) is 0 Å². The third kappa shape index (κ3) is 14.6. The van der Waals surface area contributed by atoms with Gasteiger partial charge in [-0.3, -0.25) is 0 Å². The Morgan fingerprint density at radius 2 is 1.21 bits per heavy atom. The van der Waals surface area contributed by atoms with Gasteiger partial charge >= 0.3 is 0 Å². The zero-order chi connectivity index (χ0) is 14.2. The predicted octanol–water partition coefficient (Wildman–Crippen LogP) is 7.02. The fraction of sp³-hybridized carbons (Fsp3) is 1.00.